The van der Waals surface area contributed by atoms with Gasteiger partial charge in [0.05, 0.1) is 5.57 Å². The second-order valence-corrected chi connectivity index (χ2v) is 5.29. The van der Waals surface area contributed by atoms with Gasteiger partial charge in [0.25, 0.3) is 0 Å². The molecule has 0 spiro atoms. The molecule has 2 aliphatic rings. The van der Waals surface area contributed by atoms with Crippen LogP contribution in [0.1, 0.15) is 39.5 Å². The summed E-state index contributed by atoms with van der Waals surface area (Å²) < 4.78 is 5.47. The number of carbonyl (C=O) groups is 1. The van der Waals surface area contributed by atoms with E-state index in [2.05, 4.69) is 19.9 Å². The molecule has 0 aromatic carbocycles. The van der Waals surface area contributed by atoms with Crippen molar-refractivity contribution in [2.24, 2.45) is 17.6 Å². The molecule has 96 valence electrons. The summed E-state index contributed by atoms with van der Waals surface area (Å²) in [5, 5.41) is 9.22. The van der Waals surface area contributed by atoms with Crippen molar-refractivity contribution >= 4 is 5.78 Å². The smallest absolute Gasteiger partial charge is 0.204 e. The number of allylic oxidation sites excluding steroid dienone is 3. The molecule has 1 atom stereocenters. The van der Waals surface area contributed by atoms with Crippen molar-refractivity contribution in [2.75, 3.05) is 0 Å². The van der Waals surface area contributed by atoms with Gasteiger partial charge < -0.3 is 10.5 Å². The summed E-state index contributed by atoms with van der Waals surface area (Å²) in [5.41, 5.74) is 6.91. The molecule has 0 saturated heterocycles. The van der Waals surface area contributed by atoms with Crippen LogP contribution in [-0.2, 0) is 9.53 Å². The number of hydrogen-bond acceptors (Lipinski definition) is 4. The first-order valence-electron chi connectivity index (χ1n) is 6.38. The largest absolute Gasteiger partial charge is 0.444 e. The van der Waals surface area contributed by atoms with Crippen LogP contribution >= 0.6 is 0 Å². The first kappa shape index (κ1) is 12.7. The number of ketones is 1. The van der Waals surface area contributed by atoms with Gasteiger partial charge in [0.15, 0.2) is 5.78 Å². The zero-order valence-electron chi connectivity index (χ0n) is 10.8. The van der Waals surface area contributed by atoms with Crippen molar-refractivity contribution in [1.82, 2.24) is 0 Å². The fourth-order valence-corrected chi connectivity index (χ4v) is 2.67. The van der Waals surface area contributed by atoms with Gasteiger partial charge in [-0.3, -0.25) is 4.79 Å². The van der Waals surface area contributed by atoms with E-state index in [-0.39, 0.29) is 17.6 Å². The van der Waals surface area contributed by atoms with E-state index < -0.39 is 0 Å². The minimum atomic E-state index is -0.174. The minimum absolute atomic E-state index is 0.113. The highest BCUT2D eigenvalue weighted by molar-refractivity contribution is 5.98. The van der Waals surface area contributed by atoms with Gasteiger partial charge in [-0.25, -0.2) is 0 Å². The van der Waals surface area contributed by atoms with E-state index in [4.69, 9.17) is 10.5 Å². The van der Waals surface area contributed by atoms with E-state index in [0.717, 1.165) is 19.3 Å². The number of nitrogens with zero attached hydrogens (tertiary/aromatic N) is 1. The normalized spacial score (nSPS) is 23.9. The molecule has 0 amide bonds. The number of nitrogens with two attached hydrogens (primary N) is 1. The third-order valence-electron chi connectivity index (χ3n) is 3.43. The van der Waals surface area contributed by atoms with Gasteiger partial charge >= 0.3 is 0 Å². The maximum absolute atomic E-state index is 12.1. The summed E-state index contributed by atoms with van der Waals surface area (Å²) in [6.45, 7) is 4.16. The Kier molecular flexibility index (Phi) is 3.42. The van der Waals surface area contributed by atoms with Gasteiger partial charge in [0, 0.05) is 24.3 Å². The molecule has 0 radical (unpaired) electrons. The summed E-state index contributed by atoms with van der Waals surface area (Å²) >= 11 is 0. The summed E-state index contributed by atoms with van der Waals surface area (Å²) in [6, 6.07) is 2.11. The molecular weight excluding hydrogens is 228 g/mol. The summed E-state index contributed by atoms with van der Waals surface area (Å²) in [4.78, 5) is 12.1. The lowest BCUT2D eigenvalue weighted by Gasteiger charge is -2.31. The van der Waals surface area contributed by atoms with Crippen LogP contribution in [0.2, 0.25) is 0 Å². The van der Waals surface area contributed by atoms with Crippen molar-refractivity contribution in [3.05, 3.63) is 22.8 Å². The predicted octanol–water partition coefficient (Wildman–Crippen LogP) is 2.38. The molecule has 2 N–H and O–H groups in total. The Labute approximate surface area is 107 Å². The van der Waals surface area contributed by atoms with Crippen LogP contribution in [0.4, 0.5) is 0 Å². The van der Waals surface area contributed by atoms with Crippen molar-refractivity contribution < 1.29 is 9.53 Å². The Morgan fingerprint density at radius 1 is 1.50 bits per heavy atom. The van der Waals surface area contributed by atoms with Gasteiger partial charge in [0.2, 0.25) is 5.88 Å². The molecule has 4 nitrogen and oxygen atoms in total. The SMILES string of the molecule is CC(C)CC1C(C#N)=C(N)OC2=C1C(=O)CCC2. The van der Waals surface area contributed by atoms with Gasteiger partial charge in [-0.1, -0.05) is 13.8 Å². The molecule has 1 aliphatic heterocycles. The quantitative estimate of drug-likeness (QED) is 0.811. The van der Waals surface area contributed by atoms with Crippen LogP contribution in [0.3, 0.4) is 0 Å². The molecule has 0 aromatic rings. The van der Waals surface area contributed by atoms with E-state index in [1.165, 1.54) is 0 Å². The van der Waals surface area contributed by atoms with E-state index in [9.17, 15) is 10.1 Å². The van der Waals surface area contributed by atoms with E-state index in [0.29, 0.717) is 29.2 Å². The number of rotatable bonds is 2. The van der Waals surface area contributed by atoms with Crippen LogP contribution in [0, 0.1) is 23.2 Å². The van der Waals surface area contributed by atoms with Gasteiger partial charge in [-0.05, 0) is 18.8 Å². The monoisotopic (exact) mass is 246 g/mol. The van der Waals surface area contributed by atoms with E-state index in [1.54, 1.807) is 0 Å². The highest BCUT2D eigenvalue weighted by atomic mass is 16.5. The first-order valence-corrected chi connectivity index (χ1v) is 6.38. The average molecular weight is 246 g/mol. The Hall–Kier alpha value is -1.76. The molecule has 1 unspecified atom stereocenters. The average Bonchev–Trinajstić information content (AvgIpc) is 2.28. The minimum Gasteiger partial charge on any atom is -0.444 e. The van der Waals surface area contributed by atoms with Crippen molar-refractivity contribution in [1.29, 1.82) is 5.26 Å². The van der Waals surface area contributed by atoms with Crippen molar-refractivity contribution in [3.63, 3.8) is 0 Å². The van der Waals surface area contributed by atoms with Crippen LogP contribution in [0.15, 0.2) is 22.8 Å². The number of carbonyl (C=O) groups excluding carboxylic acids is 1. The summed E-state index contributed by atoms with van der Waals surface area (Å²) in [7, 11) is 0. The number of hydrogen-bond donors (Lipinski definition) is 1. The van der Waals surface area contributed by atoms with Crippen molar-refractivity contribution in [3.8, 4) is 6.07 Å². The Bertz CT molecular complexity index is 481. The Morgan fingerprint density at radius 3 is 2.83 bits per heavy atom. The zero-order chi connectivity index (χ0) is 13.3. The van der Waals surface area contributed by atoms with Crippen LogP contribution < -0.4 is 5.73 Å². The molecular formula is C14H18N2O2. The highest BCUT2D eigenvalue weighted by Crippen LogP contribution is 2.40. The maximum Gasteiger partial charge on any atom is 0.204 e. The molecule has 0 aromatic heterocycles. The van der Waals surface area contributed by atoms with E-state index >= 15 is 0 Å². The lowest BCUT2D eigenvalue weighted by Crippen LogP contribution is -2.29. The highest BCUT2D eigenvalue weighted by Gasteiger charge is 2.36. The van der Waals surface area contributed by atoms with Gasteiger partial charge in [-0.2, -0.15) is 5.26 Å². The molecule has 0 saturated carbocycles. The molecule has 2 rings (SSSR count). The van der Waals surface area contributed by atoms with Crippen LogP contribution in [0.25, 0.3) is 0 Å². The fourth-order valence-electron chi connectivity index (χ4n) is 2.67. The fraction of sp³-hybridized carbons (Fsp3) is 0.571. The third kappa shape index (κ3) is 2.13. The van der Waals surface area contributed by atoms with Crippen LogP contribution in [-0.4, -0.2) is 5.78 Å². The summed E-state index contributed by atoms with van der Waals surface area (Å²) in [5.74, 6) is 1.20. The second-order valence-electron chi connectivity index (χ2n) is 5.29. The summed E-state index contributed by atoms with van der Waals surface area (Å²) in [6.07, 6.45) is 2.86. The lowest BCUT2D eigenvalue weighted by atomic mass is 9.77. The zero-order valence-corrected chi connectivity index (χ0v) is 10.8. The number of ether oxygens (including phenoxy) is 1. The van der Waals surface area contributed by atoms with Crippen LogP contribution in [0.5, 0.6) is 0 Å². The molecule has 18 heavy (non-hydrogen) atoms. The van der Waals surface area contributed by atoms with E-state index in [1.807, 2.05) is 0 Å². The number of nitriles is 1. The maximum atomic E-state index is 12.1. The third-order valence-corrected chi connectivity index (χ3v) is 3.43. The Balaban J connectivity index is 2.44. The molecule has 0 fully saturated rings. The Morgan fingerprint density at radius 2 is 2.22 bits per heavy atom. The van der Waals surface area contributed by atoms with Gasteiger partial charge in [-0.15, -0.1) is 0 Å². The number of Topliss-reactive ketones (excluding diaryl/α,β-unsaturated/α-hetero) is 1. The van der Waals surface area contributed by atoms with Crippen molar-refractivity contribution in [2.45, 2.75) is 39.5 Å². The molecule has 1 aliphatic carbocycles. The second kappa shape index (κ2) is 4.85. The lowest BCUT2D eigenvalue weighted by molar-refractivity contribution is -0.117. The first-order chi connectivity index (χ1) is 8.54. The molecule has 4 heteroatoms. The van der Waals surface area contributed by atoms with Gasteiger partial charge in [0.1, 0.15) is 11.8 Å². The topological polar surface area (TPSA) is 76.1 Å². The predicted molar refractivity (Wildman–Crippen MR) is 66.7 cm³/mol. The standard InChI is InChI=1S/C14H18N2O2/c1-8(2)6-9-10(7-15)14(16)18-12-5-3-4-11(17)13(9)12/h8-9H,3-6,16H2,1-2H3. The molecule has 1 heterocycles. The molecule has 0 bridgehead atoms.